The van der Waals surface area contributed by atoms with Gasteiger partial charge in [-0.3, -0.25) is 4.79 Å². The third kappa shape index (κ3) is 5.12. The predicted octanol–water partition coefficient (Wildman–Crippen LogP) is 2.90. The molecule has 0 saturated heterocycles. The summed E-state index contributed by atoms with van der Waals surface area (Å²) in [6.45, 7) is 4.64. The van der Waals surface area contributed by atoms with Gasteiger partial charge in [-0.1, -0.05) is 42.0 Å². The molecule has 126 valence electrons. The first-order valence-corrected chi connectivity index (χ1v) is 7.92. The Morgan fingerprint density at radius 3 is 2.62 bits per heavy atom. The van der Waals surface area contributed by atoms with Gasteiger partial charge in [0.2, 0.25) is 5.91 Å². The van der Waals surface area contributed by atoms with Gasteiger partial charge in [-0.05, 0) is 31.5 Å². The van der Waals surface area contributed by atoms with Crippen LogP contribution in [-0.4, -0.2) is 25.0 Å². The van der Waals surface area contributed by atoms with Crippen LogP contribution in [-0.2, 0) is 16.1 Å². The fourth-order valence-corrected chi connectivity index (χ4v) is 2.28. The van der Waals surface area contributed by atoms with Crippen LogP contribution in [0.2, 0.25) is 0 Å². The van der Waals surface area contributed by atoms with Crippen molar-refractivity contribution in [2.24, 2.45) is 0 Å². The Balaban J connectivity index is 1.89. The highest BCUT2D eigenvalue weighted by atomic mass is 16.5. The molecule has 1 amide bonds. The number of carbonyl (C=O) groups excluding carboxylic acids is 2. The van der Waals surface area contributed by atoms with E-state index in [1.165, 1.54) is 0 Å². The van der Waals surface area contributed by atoms with Crippen LogP contribution < -0.4 is 10.6 Å². The molecule has 0 saturated carbocycles. The molecular weight excluding hydrogens is 304 g/mol. The number of amides is 1. The number of rotatable bonds is 7. The van der Waals surface area contributed by atoms with Gasteiger partial charge in [-0.15, -0.1) is 0 Å². The summed E-state index contributed by atoms with van der Waals surface area (Å²) in [5, 5.41) is 5.84. The molecule has 2 aromatic rings. The summed E-state index contributed by atoms with van der Waals surface area (Å²) in [5.74, 6) is -0.545. The Labute approximate surface area is 142 Å². The van der Waals surface area contributed by atoms with E-state index >= 15 is 0 Å². The zero-order chi connectivity index (χ0) is 17.4. The van der Waals surface area contributed by atoms with Crippen LogP contribution in [0.25, 0.3) is 0 Å². The smallest absolute Gasteiger partial charge is 0.340 e. The van der Waals surface area contributed by atoms with Crippen molar-refractivity contribution >= 4 is 17.6 Å². The van der Waals surface area contributed by atoms with Crippen molar-refractivity contribution in [3.05, 3.63) is 65.2 Å². The highest BCUT2D eigenvalue weighted by molar-refractivity contribution is 5.96. The van der Waals surface area contributed by atoms with Gasteiger partial charge in [0.05, 0.1) is 18.7 Å². The molecule has 0 fully saturated rings. The van der Waals surface area contributed by atoms with Crippen molar-refractivity contribution in [3.63, 3.8) is 0 Å². The lowest BCUT2D eigenvalue weighted by Crippen LogP contribution is -2.29. The zero-order valence-corrected chi connectivity index (χ0v) is 14.0. The lowest BCUT2D eigenvalue weighted by molar-refractivity contribution is -0.119. The van der Waals surface area contributed by atoms with Gasteiger partial charge >= 0.3 is 5.97 Å². The van der Waals surface area contributed by atoms with E-state index in [0.29, 0.717) is 24.4 Å². The van der Waals surface area contributed by atoms with E-state index in [1.807, 2.05) is 31.2 Å². The second-order valence-electron chi connectivity index (χ2n) is 5.39. The van der Waals surface area contributed by atoms with Crippen molar-refractivity contribution in [3.8, 4) is 0 Å². The number of anilines is 1. The molecule has 0 aliphatic heterocycles. The Morgan fingerprint density at radius 2 is 1.88 bits per heavy atom. The Morgan fingerprint density at radius 1 is 1.08 bits per heavy atom. The molecule has 0 radical (unpaired) electrons. The van der Waals surface area contributed by atoms with E-state index in [9.17, 15) is 9.59 Å². The summed E-state index contributed by atoms with van der Waals surface area (Å²) < 4.78 is 5.01. The number of hydrogen-bond donors (Lipinski definition) is 2. The molecule has 0 atom stereocenters. The zero-order valence-electron chi connectivity index (χ0n) is 14.0. The second kappa shape index (κ2) is 8.72. The molecule has 2 N–H and O–H groups in total. The van der Waals surface area contributed by atoms with E-state index in [4.69, 9.17) is 4.74 Å². The summed E-state index contributed by atoms with van der Waals surface area (Å²) in [4.78, 5) is 23.9. The molecule has 5 heteroatoms. The third-order valence-electron chi connectivity index (χ3n) is 3.43. The van der Waals surface area contributed by atoms with E-state index < -0.39 is 5.97 Å². The number of carbonyl (C=O) groups is 2. The second-order valence-corrected chi connectivity index (χ2v) is 5.39. The minimum absolute atomic E-state index is 0.0855. The van der Waals surface area contributed by atoms with Gasteiger partial charge in [0.1, 0.15) is 0 Å². The van der Waals surface area contributed by atoms with Crippen molar-refractivity contribution < 1.29 is 14.3 Å². The third-order valence-corrected chi connectivity index (χ3v) is 3.43. The van der Waals surface area contributed by atoms with Crippen LogP contribution in [0.3, 0.4) is 0 Å². The number of ether oxygens (including phenoxy) is 1. The van der Waals surface area contributed by atoms with E-state index in [1.54, 1.807) is 31.2 Å². The number of para-hydroxylation sites is 1. The van der Waals surface area contributed by atoms with Gasteiger partial charge in [-0.25, -0.2) is 4.79 Å². The van der Waals surface area contributed by atoms with Crippen LogP contribution in [0.4, 0.5) is 5.69 Å². The lowest BCUT2D eigenvalue weighted by Gasteiger charge is -2.11. The highest BCUT2D eigenvalue weighted by Crippen LogP contribution is 2.15. The van der Waals surface area contributed by atoms with Crippen LogP contribution in [0, 0.1) is 6.92 Å². The number of aryl methyl sites for hydroxylation is 1. The van der Waals surface area contributed by atoms with Gasteiger partial charge in [0, 0.05) is 12.2 Å². The van der Waals surface area contributed by atoms with E-state index in [2.05, 4.69) is 10.6 Å². The maximum atomic E-state index is 12.0. The van der Waals surface area contributed by atoms with Crippen molar-refractivity contribution in [1.29, 1.82) is 0 Å². The number of esters is 1. The normalized spacial score (nSPS) is 10.1. The molecule has 2 rings (SSSR count). The fourth-order valence-electron chi connectivity index (χ4n) is 2.28. The lowest BCUT2D eigenvalue weighted by atomic mass is 10.1. The Kier molecular flexibility index (Phi) is 6.37. The largest absolute Gasteiger partial charge is 0.462 e. The molecule has 0 bridgehead atoms. The first kappa shape index (κ1) is 17.5. The maximum Gasteiger partial charge on any atom is 0.340 e. The SMILES string of the molecule is CCOC(=O)c1ccccc1NCC(=O)NCc1cccc(C)c1. The molecule has 0 aliphatic carbocycles. The summed E-state index contributed by atoms with van der Waals surface area (Å²) in [5.41, 5.74) is 3.21. The minimum atomic E-state index is -0.402. The summed E-state index contributed by atoms with van der Waals surface area (Å²) in [6, 6.07) is 15.0. The summed E-state index contributed by atoms with van der Waals surface area (Å²) in [6.07, 6.45) is 0. The van der Waals surface area contributed by atoms with Gasteiger partial charge < -0.3 is 15.4 Å². The standard InChI is InChI=1S/C19H22N2O3/c1-3-24-19(23)16-9-4-5-10-17(16)20-13-18(22)21-12-15-8-6-7-14(2)11-15/h4-11,20H,3,12-13H2,1-2H3,(H,21,22). The molecule has 24 heavy (non-hydrogen) atoms. The number of benzene rings is 2. The summed E-state index contributed by atoms with van der Waals surface area (Å²) in [7, 11) is 0. The first-order valence-electron chi connectivity index (χ1n) is 7.92. The molecule has 0 heterocycles. The minimum Gasteiger partial charge on any atom is -0.462 e. The molecule has 0 aromatic heterocycles. The molecule has 0 aliphatic rings. The van der Waals surface area contributed by atoms with E-state index in [0.717, 1.165) is 11.1 Å². The Hall–Kier alpha value is -2.82. The highest BCUT2D eigenvalue weighted by Gasteiger charge is 2.12. The molecular formula is C19H22N2O3. The number of hydrogen-bond acceptors (Lipinski definition) is 4. The van der Waals surface area contributed by atoms with Gasteiger partial charge in [0.25, 0.3) is 0 Å². The average molecular weight is 326 g/mol. The van der Waals surface area contributed by atoms with Crippen LogP contribution in [0.15, 0.2) is 48.5 Å². The van der Waals surface area contributed by atoms with Gasteiger partial charge in [-0.2, -0.15) is 0 Å². The van der Waals surface area contributed by atoms with E-state index in [-0.39, 0.29) is 12.5 Å². The monoisotopic (exact) mass is 326 g/mol. The molecule has 2 aromatic carbocycles. The van der Waals surface area contributed by atoms with Crippen LogP contribution in [0.1, 0.15) is 28.4 Å². The average Bonchev–Trinajstić information content (AvgIpc) is 2.58. The fraction of sp³-hybridized carbons (Fsp3) is 0.263. The van der Waals surface area contributed by atoms with Crippen molar-refractivity contribution in [1.82, 2.24) is 5.32 Å². The molecule has 0 unspecified atom stereocenters. The quantitative estimate of drug-likeness (QED) is 0.768. The summed E-state index contributed by atoms with van der Waals surface area (Å²) >= 11 is 0. The molecule has 5 nitrogen and oxygen atoms in total. The van der Waals surface area contributed by atoms with Crippen molar-refractivity contribution in [2.45, 2.75) is 20.4 Å². The number of nitrogens with one attached hydrogen (secondary N) is 2. The van der Waals surface area contributed by atoms with Gasteiger partial charge in [0.15, 0.2) is 0 Å². The molecule has 0 spiro atoms. The predicted molar refractivity (Wildman–Crippen MR) is 93.9 cm³/mol. The van der Waals surface area contributed by atoms with Crippen molar-refractivity contribution in [2.75, 3.05) is 18.5 Å². The van der Waals surface area contributed by atoms with Crippen LogP contribution in [0.5, 0.6) is 0 Å². The topological polar surface area (TPSA) is 67.4 Å². The van der Waals surface area contributed by atoms with Crippen LogP contribution >= 0.6 is 0 Å². The maximum absolute atomic E-state index is 12.0. The first-order chi connectivity index (χ1) is 11.6. The Bertz CT molecular complexity index is 713.